The molecular formula is C15H14N4O3. The second-order valence-electron chi connectivity index (χ2n) is 5.21. The third-order valence-electron chi connectivity index (χ3n) is 3.70. The average Bonchev–Trinajstić information content (AvgIpc) is 2.98. The third-order valence-corrected chi connectivity index (χ3v) is 3.70. The Kier molecular flexibility index (Phi) is 3.03. The number of carbonyl (C=O) groups is 1. The van der Waals surface area contributed by atoms with Gasteiger partial charge in [-0.2, -0.15) is 0 Å². The lowest BCUT2D eigenvalue weighted by molar-refractivity contribution is 0.0624. The fourth-order valence-electron chi connectivity index (χ4n) is 2.53. The summed E-state index contributed by atoms with van der Waals surface area (Å²) >= 11 is 0. The minimum absolute atomic E-state index is 0.00417. The minimum Gasteiger partial charge on any atom is -0.454 e. The van der Waals surface area contributed by atoms with Crippen molar-refractivity contribution in [1.29, 1.82) is 0 Å². The zero-order valence-electron chi connectivity index (χ0n) is 11.7. The molecule has 22 heavy (non-hydrogen) atoms. The number of rotatable bonds is 3. The van der Waals surface area contributed by atoms with Gasteiger partial charge in [0.05, 0.1) is 12.2 Å². The van der Waals surface area contributed by atoms with Crippen LogP contribution in [-0.4, -0.2) is 46.7 Å². The number of carbonyl (C=O) groups excluding carboxylic acids is 1. The number of ether oxygens (including phenoxy) is 2. The van der Waals surface area contributed by atoms with Gasteiger partial charge in [0, 0.05) is 31.0 Å². The van der Waals surface area contributed by atoms with E-state index in [1.54, 1.807) is 41.7 Å². The molecule has 1 fully saturated rings. The molecule has 1 aromatic carbocycles. The Morgan fingerprint density at radius 1 is 1.23 bits per heavy atom. The number of fused-ring (bicyclic) bond motifs is 1. The summed E-state index contributed by atoms with van der Waals surface area (Å²) in [5.74, 6) is 2.03. The van der Waals surface area contributed by atoms with Gasteiger partial charge < -0.3 is 19.7 Å². The maximum absolute atomic E-state index is 12.4. The van der Waals surface area contributed by atoms with Crippen molar-refractivity contribution < 1.29 is 14.3 Å². The first kappa shape index (κ1) is 12.9. The number of benzene rings is 1. The molecule has 0 unspecified atom stereocenters. The summed E-state index contributed by atoms with van der Waals surface area (Å²) in [5, 5.41) is 3.24. The summed E-state index contributed by atoms with van der Waals surface area (Å²) in [5.41, 5.74) is 0.613. The summed E-state index contributed by atoms with van der Waals surface area (Å²) in [4.78, 5) is 22.3. The van der Waals surface area contributed by atoms with Crippen molar-refractivity contribution in [2.75, 3.05) is 25.2 Å². The highest BCUT2D eigenvalue weighted by atomic mass is 16.7. The van der Waals surface area contributed by atoms with Crippen LogP contribution in [0.5, 0.6) is 11.5 Å². The van der Waals surface area contributed by atoms with E-state index in [0.717, 1.165) is 5.82 Å². The van der Waals surface area contributed by atoms with Crippen molar-refractivity contribution in [2.24, 2.45) is 0 Å². The highest BCUT2D eigenvalue weighted by Crippen LogP contribution is 2.33. The van der Waals surface area contributed by atoms with Gasteiger partial charge in [0.1, 0.15) is 5.82 Å². The van der Waals surface area contributed by atoms with E-state index in [-0.39, 0.29) is 18.7 Å². The summed E-state index contributed by atoms with van der Waals surface area (Å²) < 4.78 is 10.5. The molecule has 1 aromatic heterocycles. The molecule has 0 atom stereocenters. The van der Waals surface area contributed by atoms with Crippen LogP contribution in [0.2, 0.25) is 0 Å². The van der Waals surface area contributed by atoms with Gasteiger partial charge in [-0.1, -0.05) is 0 Å². The van der Waals surface area contributed by atoms with Gasteiger partial charge in [-0.25, -0.2) is 4.98 Å². The molecule has 2 aromatic rings. The van der Waals surface area contributed by atoms with E-state index in [1.165, 1.54) is 0 Å². The molecule has 0 saturated carbocycles. The lowest BCUT2D eigenvalue weighted by atomic mass is 10.1. The standard InChI is InChI=1S/C15H14N4O3/c20-15(10-1-2-12-13(5-10)22-9-21-12)19-7-11(8-19)18-14-6-16-3-4-17-14/h1-6,11H,7-9H2,(H,17,18). The third kappa shape index (κ3) is 2.30. The molecule has 1 saturated heterocycles. The molecule has 2 aliphatic heterocycles. The Labute approximate surface area is 126 Å². The van der Waals surface area contributed by atoms with Crippen molar-refractivity contribution in [1.82, 2.24) is 14.9 Å². The molecule has 7 nitrogen and oxygen atoms in total. The molecule has 1 amide bonds. The van der Waals surface area contributed by atoms with E-state index in [9.17, 15) is 4.79 Å². The number of aromatic nitrogens is 2. The number of hydrogen-bond donors (Lipinski definition) is 1. The van der Waals surface area contributed by atoms with Crippen LogP contribution in [0.4, 0.5) is 5.82 Å². The van der Waals surface area contributed by atoms with E-state index < -0.39 is 0 Å². The Bertz CT molecular complexity index is 701. The summed E-state index contributed by atoms with van der Waals surface area (Å²) in [6, 6.07) is 5.47. The molecule has 3 heterocycles. The van der Waals surface area contributed by atoms with E-state index in [0.29, 0.717) is 30.2 Å². The van der Waals surface area contributed by atoms with Crippen molar-refractivity contribution in [3.05, 3.63) is 42.4 Å². The van der Waals surface area contributed by atoms with Crippen LogP contribution in [0.3, 0.4) is 0 Å². The molecule has 0 spiro atoms. The quantitative estimate of drug-likeness (QED) is 0.916. The Hall–Kier alpha value is -2.83. The maximum Gasteiger partial charge on any atom is 0.254 e. The predicted octanol–water partition coefficient (Wildman–Crippen LogP) is 1.14. The normalized spacial score (nSPS) is 16.3. The van der Waals surface area contributed by atoms with Gasteiger partial charge in [-0.15, -0.1) is 0 Å². The molecular weight excluding hydrogens is 284 g/mol. The number of nitrogens with zero attached hydrogens (tertiary/aromatic N) is 3. The first-order valence-corrected chi connectivity index (χ1v) is 7.01. The second-order valence-corrected chi connectivity index (χ2v) is 5.21. The van der Waals surface area contributed by atoms with Crippen LogP contribution in [0.15, 0.2) is 36.8 Å². The molecule has 7 heteroatoms. The SMILES string of the molecule is O=C(c1ccc2c(c1)OCO2)N1CC(Nc2cnccn2)C1. The van der Waals surface area contributed by atoms with Crippen LogP contribution in [0.25, 0.3) is 0 Å². The second kappa shape index (κ2) is 5.18. The zero-order valence-corrected chi connectivity index (χ0v) is 11.7. The first-order chi connectivity index (χ1) is 10.8. The lowest BCUT2D eigenvalue weighted by Crippen LogP contribution is -2.57. The van der Waals surface area contributed by atoms with Crippen molar-refractivity contribution >= 4 is 11.7 Å². The number of amides is 1. The number of anilines is 1. The number of likely N-dealkylation sites (tertiary alicyclic amines) is 1. The monoisotopic (exact) mass is 298 g/mol. The fourth-order valence-corrected chi connectivity index (χ4v) is 2.53. The van der Waals surface area contributed by atoms with Gasteiger partial charge >= 0.3 is 0 Å². The molecule has 4 rings (SSSR count). The summed E-state index contributed by atoms with van der Waals surface area (Å²) in [6.45, 7) is 1.49. The molecule has 1 N–H and O–H groups in total. The van der Waals surface area contributed by atoms with Crippen molar-refractivity contribution in [3.8, 4) is 11.5 Å². The van der Waals surface area contributed by atoms with Gasteiger partial charge in [0.15, 0.2) is 11.5 Å². The highest BCUT2D eigenvalue weighted by molar-refractivity contribution is 5.95. The predicted molar refractivity (Wildman–Crippen MR) is 77.9 cm³/mol. The number of nitrogens with one attached hydrogen (secondary N) is 1. The van der Waals surface area contributed by atoms with Gasteiger partial charge in [-0.3, -0.25) is 9.78 Å². The fraction of sp³-hybridized carbons (Fsp3) is 0.267. The summed E-state index contributed by atoms with van der Waals surface area (Å²) in [6.07, 6.45) is 4.93. The Balaban J connectivity index is 1.37. The number of hydrogen-bond acceptors (Lipinski definition) is 6. The first-order valence-electron chi connectivity index (χ1n) is 7.01. The topological polar surface area (TPSA) is 76.6 Å². The van der Waals surface area contributed by atoms with Crippen molar-refractivity contribution in [3.63, 3.8) is 0 Å². The van der Waals surface area contributed by atoms with Crippen molar-refractivity contribution in [2.45, 2.75) is 6.04 Å². The lowest BCUT2D eigenvalue weighted by Gasteiger charge is -2.39. The van der Waals surface area contributed by atoms with Gasteiger partial charge in [0.25, 0.3) is 5.91 Å². The van der Waals surface area contributed by atoms with E-state index in [1.807, 2.05) is 0 Å². The molecule has 0 radical (unpaired) electrons. The van der Waals surface area contributed by atoms with E-state index >= 15 is 0 Å². The van der Waals surface area contributed by atoms with Crippen LogP contribution in [0.1, 0.15) is 10.4 Å². The van der Waals surface area contributed by atoms with Crippen LogP contribution >= 0.6 is 0 Å². The Morgan fingerprint density at radius 3 is 2.91 bits per heavy atom. The Morgan fingerprint density at radius 2 is 2.09 bits per heavy atom. The average molecular weight is 298 g/mol. The summed E-state index contributed by atoms with van der Waals surface area (Å²) in [7, 11) is 0. The van der Waals surface area contributed by atoms with Crippen LogP contribution in [0, 0.1) is 0 Å². The van der Waals surface area contributed by atoms with Gasteiger partial charge in [0.2, 0.25) is 6.79 Å². The molecule has 0 bridgehead atoms. The molecule has 2 aliphatic rings. The highest BCUT2D eigenvalue weighted by Gasteiger charge is 2.32. The van der Waals surface area contributed by atoms with E-state index in [4.69, 9.17) is 9.47 Å². The van der Waals surface area contributed by atoms with Crippen LogP contribution < -0.4 is 14.8 Å². The maximum atomic E-state index is 12.4. The zero-order chi connectivity index (χ0) is 14.9. The van der Waals surface area contributed by atoms with Crippen LogP contribution in [-0.2, 0) is 0 Å². The van der Waals surface area contributed by atoms with E-state index in [2.05, 4.69) is 15.3 Å². The molecule has 0 aliphatic carbocycles. The van der Waals surface area contributed by atoms with Gasteiger partial charge in [-0.05, 0) is 18.2 Å². The molecule has 112 valence electrons. The minimum atomic E-state index is -0.00417. The smallest absolute Gasteiger partial charge is 0.254 e. The largest absolute Gasteiger partial charge is 0.454 e.